The summed E-state index contributed by atoms with van der Waals surface area (Å²) in [6.45, 7) is 2.66. The van der Waals surface area contributed by atoms with Crippen molar-refractivity contribution < 1.29 is 4.79 Å². The Hall–Kier alpha value is -2.13. The molecule has 1 aliphatic rings. The van der Waals surface area contributed by atoms with Gasteiger partial charge in [-0.1, -0.05) is 60.7 Å². The smallest absolute Gasteiger partial charge is 0.223 e. The van der Waals surface area contributed by atoms with E-state index in [2.05, 4.69) is 53.2 Å². The lowest BCUT2D eigenvalue weighted by molar-refractivity contribution is -0.136. The fraction of sp³-hybridized carbons (Fsp3) is 0.350. The Bertz CT molecular complexity index is 627. The van der Waals surface area contributed by atoms with Gasteiger partial charge in [-0.05, 0) is 24.6 Å². The molecule has 0 saturated carbocycles. The standard InChI is InChI=1S/C20H24N2O/c1-21-14-15-22(19(16-21)18-10-6-3-7-11-18)20(23)13-12-17-8-4-2-5-9-17/h2-11,19H,12-16H2,1H3. The topological polar surface area (TPSA) is 23.6 Å². The van der Waals surface area contributed by atoms with E-state index in [4.69, 9.17) is 0 Å². The molecular weight excluding hydrogens is 284 g/mol. The number of nitrogens with zero attached hydrogens (tertiary/aromatic N) is 2. The van der Waals surface area contributed by atoms with Crippen molar-refractivity contribution in [3.8, 4) is 0 Å². The first kappa shape index (κ1) is 15.8. The Morgan fingerprint density at radius 1 is 1.00 bits per heavy atom. The molecule has 2 aromatic carbocycles. The van der Waals surface area contributed by atoms with E-state index in [1.165, 1.54) is 11.1 Å². The molecule has 1 aliphatic heterocycles. The number of rotatable bonds is 4. The fourth-order valence-corrected chi connectivity index (χ4v) is 3.22. The van der Waals surface area contributed by atoms with E-state index in [0.29, 0.717) is 6.42 Å². The van der Waals surface area contributed by atoms with Gasteiger partial charge in [0.15, 0.2) is 0 Å². The summed E-state index contributed by atoms with van der Waals surface area (Å²) in [7, 11) is 2.13. The Morgan fingerprint density at radius 2 is 1.65 bits per heavy atom. The predicted molar refractivity (Wildman–Crippen MR) is 93.2 cm³/mol. The first-order valence-electron chi connectivity index (χ1n) is 8.31. The highest BCUT2D eigenvalue weighted by atomic mass is 16.2. The van der Waals surface area contributed by atoms with Crippen LogP contribution in [0.2, 0.25) is 0 Å². The van der Waals surface area contributed by atoms with Gasteiger partial charge in [-0.25, -0.2) is 0 Å². The van der Waals surface area contributed by atoms with Crippen LogP contribution in [0.25, 0.3) is 0 Å². The minimum absolute atomic E-state index is 0.165. The van der Waals surface area contributed by atoms with E-state index < -0.39 is 0 Å². The van der Waals surface area contributed by atoms with Crippen LogP contribution in [0.3, 0.4) is 0 Å². The van der Waals surface area contributed by atoms with Gasteiger partial charge in [-0.15, -0.1) is 0 Å². The molecule has 3 rings (SSSR count). The molecule has 1 heterocycles. The predicted octanol–water partition coefficient (Wildman–Crippen LogP) is 3.13. The molecule has 2 aromatic rings. The van der Waals surface area contributed by atoms with E-state index in [-0.39, 0.29) is 11.9 Å². The van der Waals surface area contributed by atoms with Crippen LogP contribution in [0, 0.1) is 0 Å². The zero-order valence-electron chi connectivity index (χ0n) is 13.7. The minimum Gasteiger partial charge on any atom is -0.333 e. The van der Waals surface area contributed by atoms with Crippen LogP contribution in [0.1, 0.15) is 23.6 Å². The second kappa shape index (κ2) is 7.42. The lowest BCUT2D eigenvalue weighted by Gasteiger charge is -2.40. The summed E-state index contributed by atoms with van der Waals surface area (Å²) in [5.74, 6) is 0.260. The highest BCUT2D eigenvalue weighted by Gasteiger charge is 2.29. The average molecular weight is 308 g/mol. The van der Waals surface area contributed by atoms with Crippen molar-refractivity contribution in [3.05, 3.63) is 71.8 Å². The van der Waals surface area contributed by atoms with E-state index in [9.17, 15) is 4.79 Å². The van der Waals surface area contributed by atoms with E-state index in [0.717, 1.165) is 26.1 Å². The highest BCUT2D eigenvalue weighted by Crippen LogP contribution is 2.25. The fourth-order valence-electron chi connectivity index (χ4n) is 3.22. The average Bonchev–Trinajstić information content (AvgIpc) is 2.61. The first-order valence-corrected chi connectivity index (χ1v) is 8.31. The molecular formula is C20H24N2O. The van der Waals surface area contributed by atoms with Gasteiger partial charge in [0.2, 0.25) is 5.91 Å². The maximum Gasteiger partial charge on any atom is 0.223 e. The van der Waals surface area contributed by atoms with E-state index >= 15 is 0 Å². The van der Waals surface area contributed by atoms with Crippen LogP contribution in [-0.2, 0) is 11.2 Å². The number of hydrogen-bond donors (Lipinski definition) is 0. The van der Waals surface area contributed by atoms with Crippen LogP contribution in [-0.4, -0.2) is 42.4 Å². The summed E-state index contributed by atoms with van der Waals surface area (Å²) in [5, 5.41) is 0. The summed E-state index contributed by atoms with van der Waals surface area (Å²) in [6, 6.07) is 20.8. The van der Waals surface area contributed by atoms with Crippen molar-refractivity contribution >= 4 is 5.91 Å². The van der Waals surface area contributed by atoms with Crippen LogP contribution in [0.5, 0.6) is 0 Å². The number of carbonyl (C=O) groups excluding carboxylic acids is 1. The summed E-state index contributed by atoms with van der Waals surface area (Å²) in [4.78, 5) is 17.1. The molecule has 0 N–H and O–H groups in total. The zero-order chi connectivity index (χ0) is 16.1. The quantitative estimate of drug-likeness (QED) is 0.866. The summed E-state index contributed by atoms with van der Waals surface area (Å²) in [5.41, 5.74) is 2.46. The van der Waals surface area contributed by atoms with Crippen LogP contribution in [0.4, 0.5) is 0 Å². The molecule has 1 unspecified atom stereocenters. The molecule has 0 spiro atoms. The number of piperazine rings is 1. The van der Waals surface area contributed by atoms with Crippen molar-refractivity contribution in [2.24, 2.45) is 0 Å². The number of carbonyl (C=O) groups is 1. The largest absolute Gasteiger partial charge is 0.333 e. The maximum absolute atomic E-state index is 12.8. The second-order valence-corrected chi connectivity index (χ2v) is 6.26. The molecule has 120 valence electrons. The lowest BCUT2D eigenvalue weighted by atomic mass is 10.0. The molecule has 0 radical (unpaired) electrons. The number of likely N-dealkylation sites (N-methyl/N-ethyl adjacent to an activating group) is 1. The zero-order valence-corrected chi connectivity index (χ0v) is 13.7. The van der Waals surface area contributed by atoms with Gasteiger partial charge in [-0.2, -0.15) is 0 Å². The van der Waals surface area contributed by atoms with Crippen molar-refractivity contribution in [1.82, 2.24) is 9.80 Å². The summed E-state index contributed by atoms with van der Waals surface area (Å²) < 4.78 is 0. The normalized spacial score (nSPS) is 18.8. The third kappa shape index (κ3) is 3.99. The van der Waals surface area contributed by atoms with E-state index in [1.54, 1.807) is 0 Å². The van der Waals surface area contributed by atoms with Crippen molar-refractivity contribution in [2.45, 2.75) is 18.9 Å². The van der Waals surface area contributed by atoms with Crippen molar-refractivity contribution in [2.75, 3.05) is 26.7 Å². The molecule has 1 saturated heterocycles. The molecule has 3 heteroatoms. The molecule has 23 heavy (non-hydrogen) atoms. The van der Waals surface area contributed by atoms with Gasteiger partial charge in [0.25, 0.3) is 0 Å². The molecule has 3 nitrogen and oxygen atoms in total. The van der Waals surface area contributed by atoms with Crippen LogP contribution < -0.4 is 0 Å². The Morgan fingerprint density at radius 3 is 2.35 bits per heavy atom. The van der Waals surface area contributed by atoms with Crippen LogP contribution in [0.15, 0.2) is 60.7 Å². The summed E-state index contributed by atoms with van der Waals surface area (Å²) >= 11 is 0. The number of benzene rings is 2. The molecule has 1 fully saturated rings. The minimum atomic E-state index is 0.165. The van der Waals surface area contributed by atoms with E-state index in [1.807, 2.05) is 24.3 Å². The van der Waals surface area contributed by atoms with Crippen molar-refractivity contribution in [3.63, 3.8) is 0 Å². The number of hydrogen-bond acceptors (Lipinski definition) is 2. The maximum atomic E-state index is 12.8. The lowest BCUT2D eigenvalue weighted by Crippen LogP contribution is -2.49. The van der Waals surface area contributed by atoms with Gasteiger partial charge in [-0.3, -0.25) is 4.79 Å². The highest BCUT2D eigenvalue weighted by molar-refractivity contribution is 5.77. The van der Waals surface area contributed by atoms with Crippen LogP contribution >= 0.6 is 0 Å². The second-order valence-electron chi connectivity index (χ2n) is 6.26. The van der Waals surface area contributed by atoms with Gasteiger partial charge in [0.1, 0.15) is 0 Å². The number of aryl methyl sites for hydroxylation is 1. The molecule has 0 bridgehead atoms. The molecule has 0 aliphatic carbocycles. The SMILES string of the molecule is CN1CCN(C(=O)CCc2ccccc2)C(c2ccccc2)C1. The first-order chi connectivity index (χ1) is 11.2. The van der Waals surface area contributed by atoms with Crippen molar-refractivity contribution in [1.29, 1.82) is 0 Å². The Labute approximate surface area is 138 Å². The monoisotopic (exact) mass is 308 g/mol. The molecule has 1 amide bonds. The Kier molecular flexibility index (Phi) is 5.09. The molecule has 1 atom stereocenters. The van der Waals surface area contributed by atoms with Gasteiger partial charge < -0.3 is 9.80 Å². The summed E-state index contributed by atoms with van der Waals surface area (Å²) in [6.07, 6.45) is 1.39. The number of amides is 1. The van der Waals surface area contributed by atoms with Gasteiger partial charge >= 0.3 is 0 Å². The van der Waals surface area contributed by atoms with Gasteiger partial charge in [0, 0.05) is 26.1 Å². The third-order valence-corrected chi connectivity index (χ3v) is 4.56. The third-order valence-electron chi connectivity index (χ3n) is 4.56. The Balaban J connectivity index is 1.69. The molecule has 0 aromatic heterocycles. The van der Waals surface area contributed by atoms with Gasteiger partial charge in [0.05, 0.1) is 6.04 Å².